The minimum Gasteiger partial charge on any atom is -0.508 e. The topological polar surface area (TPSA) is 83.8 Å². The summed E-state index contributed by atoms with van der Waals surface area (Å²) in [6.07, 6.45) is 0.329. The van der Waals surface area contributed by atoms with E-state index >= 15 is 0 Å². The lowest BCUT2D eigenvalue weighted by molar-refractivity contribution is 0.111. The molecule has 0 aliphatic rings. The Hall–Kier alpha value is -2.82. The summed E-state index contributed by atoms with van der Waals surface area (Å²) >= 11 is 0. The van der Waals surface area contributed by atoms with Gasteiger partial charge in [0, 0.05) is 5.56 Å². The third-order valence-electron chi connectivity index (χ3n) is 2.69. The highest BCUT2D eigenvalue weighted by molar-refractivity contribution is 5.77. The van der Waals surface area contributed by atoms with Gasteiger partial charge in [-0.25, -0.2) is 4.79 Å². The average molecular weight is 288 g/mol. The predicted molar refractivity (Wildman–Crippen MR) is 77.8 cm³/mol. The average Bonchev–Trinajstić information content (AvgIpc) is 2.50. The molecule has 0 radical (unpaired) electrons. The highest BCUT2D eigenvalue weighted by Gasteiger charge is 2.01. The molecule has 0 unspecified atom stereocenters. The minimum absolute atomic E-state index is 0.257. The summed E-state index contributed by atoms with van der Waals surface area (Å²) in [6.45, 7) is 0. The maximum atomic E-state index is 10.8. The second-order valence-electron chi connectivity index (χ2n) is 4.13. The fourth-order valence-corrected chi connectivity index (χ4v) is 1.64. The van der Waals surface area contributed by atoms with Crippen molar-refractivity contribution in [1.29, 1.82) is 0 Å². The number of aldehydes is 1. The van der Waals surface area contributed by atoms with E-state index in [0.717, 1.165) is 30.1 Å². The lowest BCUT2D eigenvalue weighted by atomic mass is 10.0. The maximum absolute atomic E-state index is 10.8. The van der Waals surface area contributed by atoms with Crippen molar-refractivity contribution in [2.24, 2.45) is 0 Å². The van der Waals surface area contributed by atoms with Gasteiger partial charge in [-0.1, -0.05) is 36.4 Å². The van der Waals surface area contributed by atoms with Gasteiger partial charge in [-0.15, -0.1) is 0 Å². The van der Waals surface area contributed by atoms with Crippen LogP contribution in [0.4, 0.5) is 4.79 Å². The van der Waals surface area contributed by atoms with Crippen molar-refractivity contribution in [3.05, 3.63) is 65.2 Å². The number of hydrogen-bond acceptors (Lipinski definition) is 4. The van der Waals surface area contributed by atoms with Gasteiger partial charge < -0.3 is 14.9 Å². The molecule has 2 rings (SSSR count). The first-order chi connectivity index (χ1) is 10.1. The summed E-state index contributed by atoms with van der Waals surface area (Å²) in [5.41, 5.74) is 2.80. The molecule has 0 saturated carbocycles. The zero-order valence-corrected chi connectivity index (χ0v) is 11.5. The van der Waals surface area contributed by atoms with Gasteiger partial charge in [-0.2, -0.15) is 0 Å². The number of rotatable bonds is 3. The molecule has 2 aromatic rings. The molecule has 2 N–H and O–H groups in total. The molecule has 5 heteroatoms. The number of phenols is 1. The zero-order chi connectivity index (χ0) is 15.7. The minimum atomic E-state index is -1.25. The maximum Gasteiger partial charge on any atom is 0.505 e. The molecular formula is C16H16O5. The number of hydrogen-bond donors (Lipinski definition) is 2. The number of phenolic OH excluding ortho intramolecular Hbond substituents is 1. The highest BCUT2D eigenvalue weighted by atomic mass is 16.6. The van der Waals surface area contributed by atoms with Gasteiger partial charge in [0.1, 0.15) is 12.0 Å². The predicted octanol–water partition coefficient (Wildman–Crippen LogP) is 3.11. The quantitative estimate of drug-likeness (QED) is 0.669. The van der Waals surface area contributed by atoms with E-state index in [1.165, 1.54) is 0 Å². The number of methoxy groups -OCH3 is 1. The Labute approximate surface area is 122 Å². The number of carbonyl (C=O) groups is 2. The first-order valence-electron chi connectivity index (χ1n) is 6.14. The van der Waals surface area contributed by atoms with Crippen LogP contribution in [0.2, 0.25) is 0 Å². The van der Waals surface area contributed by atoms with Crippen LogP contribution in [0.5, 0.6) is 5.75 Å². The summed E-state index contributed by atoms with van der Waals surface area (Å²) in [6, 6.07) is 14.5. The van der Waals surface area contributed by atoms with Gasteiger partial charge >= 0.3 is 6.16 Å². The van der Waals surface area contributed by atoms with Gasteiger partial charge in [0.05, 0.1) is 7.11 Å². The summed E-state index contributed by atoms with van der Waals surface area (Å²) in [4.78, 5) is 20.0. The molecule has 5 nitrogen and oxygen atoms in total. The molecule has 21 heavy (non-hydrogen) atoms. The Balaban J connectivity index is 0.000000383. The number of benzene rings is 2. The molecule has 0 fully saturated rings. The molecule has 2 aromatic carbocycles. The van der Waals surface area contributed by atoms with Crippen molar-refractivity contribution in [3.8, 4) is 5.75 Å². The van der Waals surface area contributed by atoms with Crippen LogP contribution in [0.15, 0.2) is 48.5 Å². The van der Waals surface area contributed by atoms with Crippen molar-refractivity contribution >= 4 is 12.4 Å². The standard InChI is InChI=1S/C14H12O2.C2H4O3/c15-10-13-4-2-1-3-12(13)9-11-5-7-14(16)8-6-11;1-5-2(3)4/h1-8,10,16H,9H2;1H3,(H,3,4). The lowest BCUT2D eigenvalue weighted by Crippen LogP contribution is -1.93. The van der Waals surface area contributed by atoms with Crippen LogP contribution in [0.3, 0.4) is 0 Å². The van der Waals surface area contributed by atoms with Gasteiger partial charge in [0.15, 0.2) is 0 Å². The SMILES string of the molecule is COC(=O)O.O=Cc1ccccc1Cc1ccc(O)cc1. The third kappa shape index (κ3) is 5.78. The summed E-state index contributed by atoms with van der Waals surface area (Å²) in [5.74, 6) is 0.257. The fraction of sp³-hybridized carbons (Fsp3) is 0.125. The number of ether oxygens (including phenoxy) is 1. The van der Waals surface area contributed by atoms with E-state index < -0.39 is 6.16 Å². The number of carbonyl (C=O) groups excluding carboxylic acids is 1. The van der Waals surface area contributed by atoms with Gasteiger partial charge in [-0.05, 0) is 29.7 Å². The van der Waals surface area contributed by atoms with E-state index in [9.17, 15) is 4.79 Å². The second-order valence-corrected chi connectivity index (χ2v) is 4.13. The summed E-state index contributed by atoms with van der Waals surface area (Å²) in [5, 5.41) is 16.7. The van der Waals surface area contributed by atoms with Crippen molar-refractivity contribution in [2.75, 3.05) is 7.11 Å². The number of aromatic hydroxyl groups is 1. The van der Waals surface area contributed by atoms with Gasteiger partial charge in [0.2, 0.25) is 0 Å². The van der Waals surface area contributed by atoms with E-state index in [1.54, 1.807) is 12.1 Å². The Morgan fingerprint density at radius 1 is 1.14 bits per heavy atom. The smallest absolute Gasteiger partial charge is 0.505 e. The molecule has 0 aliphatic heterocycles. The Morgan fingerprint density at radius 3 is 2.24 bits per heavy atom. The molecule has 0 saturated heterocycles. The van der Waals surface area contributed by atoms with Crippen LogP contribution < -0.4 is 0 Å². The van der Waals surface area contributed by atoms with Crippen LogP contribution in [-0.4, -0.2) is 29.8 Å². The molecule has 0 atom stereocenters. The highest BCUT2D eigenvalue weighted by Crippen LogP contribution is 2.15. The molecule has 0 aromatic heterocycles. The van der Waals surface area contributed by atoms with Crippen molar-refractivity contribution in [1.82, 2.24) is 0 Å². The Bertz CT molecular complexity index is 590. The summed E-state index contributed by atoms with van der Waals surface area (Å²) in [7, 11) is 1.10. The monoisotopic (exact) mass is 288 g/mol. The van der Waals surface area contributed by atoms with Crippen LogP contribution in [0.1, 0.15) is 21.5 Å². The second kappa shape index (κ2) is 8.37. The van der Waals surface area contributed by atoms with Crippen LogP contribution in [0.25, 0.3) is 0 Å². The van der Waals surface area contributed by atoms with Crippen molar-refractivity contribution in [2.45, 2.75) is 6.42 Å². The first kappa shape index (κ1) is 16.2. The molecule has 0 aliphatic carbocycles. The molecule has 110 valence electrons. The van der Waals surface area contributed by atoms with E-state index in [1.807, 2.05) is 36.4 Å². The van der Waals surface area contributed by atoms with E-state index in [-0.39, 0.29) is 5.75 Å². The lowest BCUT2D eigenvalue weighted by Gasteiger charge is -2.04. The molecular weight excluding hydrogens is 272 g/mol. The Kier molecular flexibility index (Phi) is 6.47. The fourth-order valence-electron chi connectivity index (χ4n) is 1.64. The largest absolute Gasteiger partial charge is 0.508 e. The summed E-state index contributed by atoms with van der Waals surface area (Å²) < 4.78 is 3.67. The molecule has 0 bridgehead atoms. The van der Waals surface area contributed by atoms with Crippen LogP contribution >= 0.6 is 0 Å². The van der Waals surface area contributed by atoms with E-state index in [2.05, 4.69) is 4.74 Å². The molecule has 0 spiro atoms. The van der Waals surface area contributed by atoms with Gasteiger partial charge in [0.25, 0.3) is 0 Å². The normalized spacial score (nSPS) is 9.19. The van der Waals surface area contributed by atoms with Crippen LogP contribution in [0, 0.1) is 0 Å². The molecule has 0 amide bonds. The zero-order valence-electron chi connectivity index (χ0n) is 11.5. The third-order valence-corrected chi connectivity index (χ3v) is 2.69. The van der Waals surface area contributed by atoms with Crippen LogP contribution in [-0.2, 0) is 11.2 Å². The first-order valence-corrected chi connectivity index (χ1v) is 6.14. The van der Waals surface area contributed by atoms with E-state index in [4.69, 9.17) is 15.0 Å². The van der Waals surface area contributed by atoms with Crippen molar-refractivity contribution < 1.29 is 24.5 Å². The van der Waals surface area contributed by atoms with Crippen molar-refractivity contribution in [3.63, 3.8) is 0 Å². The number of carboxylic acid groups (broad SMARTS) is 1. The van der Waals surface area contributed by atoms with Gasteiger partial charge in [-0.3, -0.25) is 4.79 Å². The molecule has 0 heterocycles. The van der Waals surface area contributed by atoms with E-state index in [0.29, 0.717) is 6.42 Å². The Morgan fingerprint density at radius 2 is 1.71 bits per heavy atom.